The molecule has 140 valence electrons. The van der Waals surface area contributed by atoms with Gasteiger partial charge >= 0.3 is 5.97 Å². The second-order valence-corrected chi connectivity index (χ2v) is 6.59. The predicted molar refractivity (Wildman–Crippen MR) is 110 cm³/mol. The Hall–Kier alpha value is -3.53. The minimum Gasteiger partial charge on any atom is -0.489 e. The van der Waals surface area contributed by atoms with Crippen molar-refractivity contribution in [3.63, 3.8) is 0 Å². The first-order valence-corrected chi connectivity index (χ1v) is 9.16. The maximum atomic E-state index is 12.0. The summed E-state index contributed by atoms with van der Waals surface area (Å²) < 4.78 is 12.9. The maximum Gasteiger partial charge on any atom is 0.338 e. The summed E-state index contributed by atoms with van der Waals surface area (Å²) >= 11 is 0. The first-order valence-electron chi connectivity index (χ1n) is 9.16. The van der Waals surface area contributed by atoms with Crippen molar-refractivity contribution in [3.05, 3.63) is 102 Å². The normalized spacial score (nSPS) is 10.8. The van der Waals surface area contributed by atoms with Crippen molar-refractivity contribution in [1.29, 1.82) is 0 Å². The smallest absolute Gasteiger partial charge is 0.338 e. The molecule has 4 rings (SSSR count). The van der Waals surface area contributed by atoms with E-state index in [2.05, 4.69) is 16.7 Å². The maximum absolute atomic E-state index is 12.0. The highest BCUT2D eigenvalue weighted by atomic mass is 16.5. The number of nitrogens with zero attached hydrogens (tertiary/aromatic N) is 1. The number of hydrogen-bond acceptors (Lipinski definition) is 3. The molecule has 4 heteroatoms. The number of rotatable bonds is 6. The molecule has 4 aromatic rings. The molecule has 0 spiro atoms. The van der Waals surface area contributed by atoms with Gasteiger partial charge in [-0.3, -0.25) is 0 Å². The molecule has 0 atom stereocenters. The van der Waals surface area contributed by atoms with Gasteiger partial charge < -0.3 is 14.0 Å². The number of fused-ring (bicyclic) bond motifs is 1. The number of methoxy groups -OCH3 is 1. The summed E-state index contributed by atoms with van der Waals surface area (Å²) in [5, 5.41) is 1.10. The van der Waals surface area contributed by atoms with E-state index in [-0.39, 0.29) is 5.97 Å². The van der Waals surface area contributed by atoms with Crippen LogP contribution in [0.1, 0.15) is 21.5 Å². The lowest BCUT2D eigenvalue weighted by atomic mass is 10.1. The zero-order valence-electron chi connectivity index (χ0n) is 15.7. The topological polar surface area (TPSA) is 40.5 Å². The molecule has 0 saturated carbocycles. The number of ether oxygens (including phenoxy) is 2. The van der Waals surface area contributed by atoms with Gasteiger partial charge in [0.1, 0.15) is 12.4 Å². The van der Waals surface area contributed by atoms with Gasteiger partial charge in [0.25, 0.3) is 0 Å². The fraction of sp³-hybridized carbons (Fsp3) is 0.125. The third kappa shape index (κ3) is 3.76. The van der Waals surface area contributed by atoms with Crippen molar-refractivity contribution < 1.29 is 14.3 Å². The largest absolute Gasteiger partial charge is 0.489 e. The van der Waals surface area contributed by atoms with Crippen LogP contribution in [0.15, 0.2) is 85.1 Å². The van der Waals surface area contributed by atoms with Gasteiger partial charge in [-0.2, -0.15) is 0 Å². The van der Waals surface area contributed by atoms with Gasteiger partial charge in [-0.05, 0) is 41.5 Å². The van der Waals surface area contributed by atoms with E-state index in [4.69, 9.17) is 9.47 Å². The zero-order chi connectivity index (χ0) is 19.3. The third-order valence-corrected chi connectivity index (χ3v) is 4.75. The molecular weight excluding hydrogens is 350 g/mol. The Morgan fingerprint density at radius 3 is 2.54 bits per heavy atom. The lowest BCUT2D eigenvalue weighted by molar-refractivity contribution is 0.0599. The molecular formula is C24H21NO3. The number of hydrogen-bond donors (Lipinski definition) is 0. The minimum atomic E-state index is -0.316. The lowest BCUT2D eigenvalue weighted by Crippen LogP contribution is -2.08. The summed E-state index contributed by atoms with van der Waals surface area (Å²) in [6.45, 7) is 1.14. The second kappa shape index (κ2) is 8.01. The molecule has 0 amide bonds. The SMILES string of the molecule is COC(=O)c1ccccc1Cn1ccc2cc(OCc3ccccc3)ccc21. The monoisotopic (exact) mass is 371 g/mol. The van der Waals surface area contributed by atoms with Crippen LogP contribution in [0.2, 0.25) is 0 Å². The summed E-state index contributed by atoms with van der Waals surface area (Å²) in [6, 6.07) is 25.8. The predicted octanol–water partition coefficient (Wildman–Crippen LogP) is 5.06. The number of benzene rings is 3. The van der Waals surface area contributed by atoms with Crippen molar-refractivity contribution in [2.45, 2.75) is 13.2 Å². The second-order valence-electron chi connectivity index (χ2n) is 6.59. The highest BCUT2D eigenvalue weighted by molar-refractivity contribution is 5.91. The molecule has 0 saturated heterocycles. The molecule has 0 aliphatic heterocycles. The van der Waals surface area contributed by atoms with E-state index in [1.54, 1.807) is 6.07 Å². The van der Waals surface area contributed by atoms with Crippen LogP contribution in [-0.4, -0.2) is 17.6 Å². The van der Waals surface area contributed by atoms with E-state index in [1.165, 1.54) is 7.11 Å². The summed E-state index contributed by atoms with van der Waals surface area (Å²) in [7, 11) is 1.40. The van der Waals surface area contributed by atoms with E-state index in [1.807, 2.05) is 66.9 Å². The standard InChI is InChI=1S/C24H21NO3/c1-27-24(26)22-10-6-5-9-20(22)16-25-14-13-19-15-21(11-12-23(19)25)28-17-18-7-3-2-4-8-18/h2-15H,16-17H2,1H3. The number of carbonyl (C=O) groups is 1. The summed E-state index contributed by atoms with van der Waals surface area (Å²) in [5.41, 5.74) is 3.75. The van der Waals surface area contributed by atoms with E-state index >= 15 is 0 Å². The average molecular weight is 371 g/mol. The molecule has 28 heavy (non-hydrogen) atoms. The van der Waals surface area contributed by atoms with Crippen molar-refractivity contribution in [2.24, 2.45) is 0 Å². The molecule has 1 aromatic heterocycles. The molecule has 0 unspecified atom stereocenters. The molecule has 0 N–H and O–H groups in total. The first-order chi connectivity index (χ1) is 13.7. The van der Waals surface area contributed by atoms with Gasteiger partial charge in [-0.25, -0.2) is 4.79 Å². The Morgan fingerprint density at radius 1 is 0.929 bits per heavy atom. The van der Waals surface area contributed by atoms with Crippen LogP contribution in [0, 0.1) is 0 Å². The average Bonchev–Trinajstić information content (AvgIpc) is 3.15. The van der Waals surface area contributed by atoms with Crippen molar-refractivity contribution in [3.8, 4) is 5.75 Å². The van der Waals surface area contributed by atoms with Gasteiger partial charge in [0.05, 0.1) is 12.7 Å². The summed E-state index contributed by atoms with van der Waals surface area (Å²) in [6.07, 6.45) is 2.03. The summed E-state index contributed by atoms with van der Waals surface area (Å²) in [4.78, 5) is 12.0. The van der Waals surface area contributed by atoms with E-state index in [0.717, 1.165) is 27.8 Å². The fourth-order valence-corrected chi connectivity index (χ4v) is 3.30. The molecule has 1 heterocycles. The van der Waals surface area contributed by atoms with Crippen LogP contribution >= 0.6 is 0 Å². The zero-order valence-corrected chi connectivity index (χ0v) is 15.7. The molecule has 0 aliphatic rings. The highest BCUT2D eigenvalue weighted by Crippen LogP contribution is 2.24. The molecule has 0 fully saturated rings. The summed E-state index contributed by atoms with van der Waals surface area (Å²) in [5.74, 6) is 0.521. The van der Waals surface area contributed by atoms with E-state index < -0.39 is 0 Å². The fourth-order valence-electron chi connectivity index (χ4n) is 3.30. The third-order valence-electron chi connectivity index (χ3n) is 4.75. The van der Waals surface area contributed by atoms with Crippen LogP contribution in [-0.2, 0) is 17.9 Å². The molecule has 3 aromatic carbocycles. The van der Waals surface area contributed by atoms with Crippen LogP contribution in [0.4, 0.5) is 0 Å². The van der Waals surface area contributed by atoms with Crippen molar-refractivity contribution in [1.82, 2.24) is 4.57 Å². The Kier molecular flexibility index (Phi) is 5.11. The Morgan fingerprint density at radius 2 is 1.71 bits per heavy atom. The van der Waals surface area contributed by atoms with Crippen molar-refractivity contribution >= 4 is 16.9 Å². The Balaban J connectivity index is 1.55. The van der Waals surface area contributed by atoms with Gasteiger partial charge in [0, 0.05) is 23.6 Å². The molecule has 4 nitrogen and oxygen atoms in total. The van der Waals surface area contributed by atoms with Crippen LogP contribution in [0.5, 0.6) is 5.75 Å². The van der Waals surface area contributed by atoms with Gasteiger partial charge in [0.15, 0.2) is 0 Å². The van der Waals surface area contributed by atoms with Gasteiger partial charge in [0.2, 0.25) is 0 Å². The van der Waals surface area contributed by atoms with Crippen LogP contribution in [0.25, 0.3) is 10.9 Å². The van der Waals surface area contributed by atoms with E-state index in [0.29, 0.717) is 18.7 Å². The van der Waals surface area contributed by atoms with Gasteiger partial charge in [-0.1, -0.05) is 48.5 Å². The Bertz CT molecular complexity index is 1100. The van der Waals surface area contributed by atoms with Crippen LogP contribution in [0.3, 0.4) is 0 Å². The minimum absolute atomic E-state index is 0.316. The number of aromatic nitrogens is 1. The molecule has 0 radical (unpaired) electrons. The van der Waals surface area contributed by atoms with Crippen LogP contribution < -0.4 is 4.74 Å². The Labute approximate surface area is 163 Å². The molecule has 0 aliphatic carbocycles. The number of esters is 1. The molecule has 0 bridgehead atoms. The lowest BCUT2D eigenvalue weighted by Gasteiger charge is -2.11. The van der Waals surface area contributed by atoms with Gasteiger partial charge in [-0.15, -0.1) is 0 Å². The van der Waals surface area contributed by atoms with E-state index in [9.17, 15) is 4.79 Å². The highest BCUT2D eigenvalue weighted by Gasteiger charge is 2.12. The van der Waals surface area contributed by atoms with Crippen molar-refractivity contribution in [2.75, 3.05) is 7.11 Å². The number of carbonyl (C=O) groups excluding carboxylic acids is 1. The quantitative estimate of drug-likeness (QED) is 0.445. The first kappa shape index (κ1) is 17.9.